The molecule has 2 rings (SSSR count). The van der Waals surface area contributed by atoms with E-state index in [-0.39, 0.29) is 12.4 Å². The van der Waals surface area contributed by atoms with Gasteiger partial charge in [0.1, 0.15) is 17.4 Å². The first kappa shape index (κ1) is 17.8. The van der Waals surface area contributed by atoms with Gasteiger partial charge in [-0.15, -0.1) is 0 Å². The second-order valence-corrected chi connectivity index (χ2v) is 5.12. The van der Waals surface area contributed by atoms with Crippen LogP contribution >= 0.6 is 0 Å². The molecule has 0 saturated carbocycles. The summed E-state index contributed by atoms with van der Waals surface area (Å²) in [7, 11) is 1.54. The molecule has 1 aromatic heterocycles. The normalized spacial score (nSPS) is 9.92. The van der Waals surface area contributed by atoms with Crippen molar-refractivity contribution >= 4 is 23.3 Å². The SMILES string of the molecule is COc1ccc(NC(=O)C(=O)NCCCc2[nH]nc(N)c2C#N)cc1. The number of methoxy groups -OCH3 is 1. The Morgan fingerprint density at radius 3 is 2.68 bits per heavy atom. The highest BCUT2D eigenvalue weighted by molar-refractivity contribution is 6.39. The number of hydrogen-bond acceptors (Lipinski definition) is 6. The molecule has 25 heavy (non-hydrogen) atoms. The molecule has 0 spiro atoms. The number of aromatic amines is 1. The highest BCUT2D eigenvalue weighted by Crippen LogP contribution is 2.15. The van der Waals surface area contributed by atoms with Gasteiger partial charge in [-0.1, -0.05) is 0 Å². The van der Waals surface area contributed by atoms with Crippen LogP contribution in [0, 0.1) is 11.3 Å². The Hall–Kier alpha value is -3.54. The van der Waals surface area contributed by atoms with Crippen LogP contribution in [0.3, 0.4) is 0 Å². The number of rotatable bonds is 6. The average molecular weight is 342 g/mol. The zero-order valence-electron chi connectivity index (χ0n) is 13.6. The number of carbonyl (C=O) groups excluding carboxylic acids is 2. The summed E-state index contributed by atoms with van der Waals surface area (Å²) in [5.41, 5.74) is 6.95. The van der Waals surface area contributed by atoms with E-state index in [1.807, 2.05) is 6.07 Å². The number of aryl methyl sites for hydroxylation is 1. The molecule has 130 valence electrons. The molecule has 0 bridgehead atoms. The van der Waals surface area contributed by atoms with Gasteiger partial charge in [0.05, 0.1) is 12.8 Å². The molecule has 0 aliphatic heterocycles. The molecule has 0 atom stereocenters. The summed E-state index contributed by atoms with van der Waals surface area (Å²) in [6, 6.07) is 8.59. The average Bonchev–Trinajstić information content (AvgIpc) is 2.98. The number of amides is 2. The topological polar surface area (TPSA) is 146 Å². The lowest BCUT2D eigenvalue weighted by Crippen LogP contribution is -2.36. The molecule has 9 nitrogen and oxygen atoms in total. The van der Waals surface area contributed by atoms with E-state index in [1.165, 1.54) is 7.11 Å². The fraction of sp³-hybridized carbons (Fsp3) is 0.250. The van der Waals surface area contributed by atoms with Crippen LogP contribution in [0.15, 0.2) is 24.3 Å². The lowest BCUT2D eigenvalue weighted by Gasteiger charge is -2.07. The van der Waals surface area contributed by atoms with E-state index in [1.54, 1.807) is 24.3 Å². The Kier molecular flexibility index (Phi) is 5.95. The van der Waals surface area contributed by atoms with Gasteiger partial charge in [0.2, 0.25) is 0 Å². The molecule has 2 amide bonds. The van der Waals surface area contributed by atoms with Gasteiger partial charge in [0.15, 0.2) is 5.82 Å². The van der Waals surface area contributed by atoms with Crippen molar-refractivity contribution in [3.05, 3.63) is 35.5 Å². The van der Waals surface area contributed by atoms with Crippen LogP contribution in [-0.4, -0.2) is 35.7 Å². The van der Waals surface area contributed by atoms with Crippen molar-refractivity contribution in [1.82, 2.24) is 15.5 Å². The van der Waals surface area contributed by atoms with Gasteiger partial charge in [0, 0.05) is 12.2 Å². The van der Waals surface area contributed by atoms with E-state index in [9.17, 15) is 9.59 Å². The van der Waals surface area contributed by atoms with Gasteiger partial charge < -0.3 is 21.1 Å². The van der Waals surface area contributed by atoms with Gasteiger partial charge in [-0.2, -0.15) is 10.4 Å². The summed E-state index contributed by atoms with van der Waals surface area (Å²) < 4.78 is 5.01. The lowest BCUT2D eigenvalue weighted by molar-refractivity contribution is -0.136. The molecule has 0 fully saturated rings. The van der Waals surface area contributed by atoms with Gasteiger partial charge in [-0.25, -0.2) is 0 Å². The molecule has 1 aromatic carbocycles. The van der Waals surface area contributed by atoms with Crippen LogP contribution in [0.5, 0.6) is 5.75 Å². The zero-order chi connectivity index (χ0) is 18.2. The molecule has 0 aliphatic carbocycles. The molecule has 0 unspecified atom stereocenters. The summed E-state index contributed by atoms with van der Waals surface area (Å²) in [4.78, 5) is 23.6. The van der Waals surface area contributed by atoms with Gasteiger partial charge in [0.25, 0.3) is 0 Å². The molecule has 0 aliphatic rings. The van der Waals surface area contributed by atoms with E-state index in [0.29, 0.717) is 35.5 Å². The second kappa shape index (κ2) is 8.35. The highest BCUT2D eigenvalue weighted by Gasteiger charge is 2.14. The number of anilines is 2. The third-order valence-electron chi connectivity index (χ3n) is 3.42. The molecular weight excluding hydrogens is 324 g/mol. The summed E-state index contributed by atoms with van der Waals surface area (Å²) in [6.45, 7) is 0.276. The van der Waals surface area contributed by atoms with Crippen LogP contribution in [0.2, 0.25) is 0 Å². The number of ether oxygens (including phenoxy) is 1. The molecule has 2 aromatic rings. The first-order chi connectivity index (χ1) is 12.0. The zero-order valence-corrected chi connectivity index (χ0v) is 13.6. The number of H-pyrrole nitrogens is 1. The number of nitriles is 1. The number of nitrogens with one attached hydrogen (secondary N) is 3. The van der Waals surface area contributed by atoms with Crippen LogP contribution in [-0.2, 0) is 16.0 Å². The third-order valence-corrected chi connectivity index (χ3v) is 3.42. The summed E-state index contributed by atoms with van der Waals surface area (Å²) in [5.74, 6) is -0.687. The van der Waals surface area contributed by atoms with Crippen molar-refractivity contribution in [2.75, 3.05) is 24.7 Å². The van der Waals surface area contributed by atoms with Gasteiger partial charge in [-0.05, 0) is 37.1 Å². The minimum atomic E-state index is -0.756. The maximum Gasteiger partial charge on any atom is 0.313 e. The fourth-order valence-electron chi connectivity index (χ4n) is 2.11. The van der Waals surface area contributed by atoms with E-state index in [0.717, 1.165) is 0 Å². The predicted octanol–water partition coefficient (Wildman–Crippen LogP) is 0.560. The van der Waals surface area contributed by atoms with Crippen molar-refractivity contribution in [3.8, 4) is 11.8 Å². The van der Waals surface area contributed by atoms with E-state index >= 15 is 0 Å². The highest BCUT2D eigenvalue weighted by atomic mass is 16.5. The molecule has 0 saturated heterocycles. The Bertz CT molecular complexity index is 791. The van der Waals surface area contributed by atoms with E-state index < -0.39 is 11.8 Å². The van der Waals surface area contributed by atoms with Crippen molar-refractivity contribution in [1.29, 1.82) is 5.26 Å². The number of nitrogen functional groups attached to an aromatic ring is 1. The van der Waals surface area contributed by atoms with Crippen molar-refractivity contribution in [2.45, 2.75) is 12.8 Å². The standard InChI is InChI=1S/C16H18N6O3/c1-25-11-6-4-10(5-7-11)20-16(24)15(23)19-8-2-3-13-12(9-17)14(18)22-21-13/h4-7H,2-3,8H2,1H3,(H,19,23)(H,20,24)(H3,18,21,22). The predicted molar refractivity (Wildman–Crippen MR) is 90.7 cm³/mol. The number of aromatic nitrogens is 2. The summed E-state index contributed by atoms with van der Waals surface area (Å²) >= 11 is 0. The van der Waals surface area contributed by atoms with Gasteiger partial charge >= 0.3 is 11.8 Å². The van der Waals surface area contributed by atoms with Crippen LogP contribution < -0.4 is 21.1 Å². The molecule has 0 radical (unpaired) electrons. The first-order valence-corrected chi connectivity index (χ1v) is 7.51. The maximum absolute atomic E-state index is 11.8. The second-order valence-electron chi connectivity index (χ2n) is 5.12. The van der Waals surface area contributed by atoms with Crippen molar-refractivity contribution in [3.63, 3.8) is 0 Å². The van der Waals surface area contributed by atoms with Gasteiger partial charge in [-0.3, -0.25) is 14.7 Å². The Balaban J connectivity index is 1.75. The third kappa shape index (κ3) is 4.71. The number of hydrogen-bond donors (Lipinski definition) is 4. The monoisotopic (exact) mass is 342 g/mol. The number of benzene rings is 1. The lowest BCUT2D eigenvalue weighted by atomic mass is 10.1. The van der Waals surface area contributed by atoms with Crippen LogP contribution in [0.4, 0.5) is 11.5 Å². The smallest absolute Gasteiger partial charge is 0.313 e. The number of nitrogens with two attached hydrogens (primary N) is 1. The largest absolute Gasteiger partial charge is 0.497 e. The molecule has 5 N–H and O–H groups in total. The van der Waals surface area contributed by atoms with Crippen molar-refractivity contribution < 1.29 is 14.3 Å². The minimum absolute atomic E-state index is 0.153. The summed E-state index contributed by atoms with van der Waals surface area (Å²) in [5, 5.41) is 20.4. The van der Waals surface area contributed by atoms with E-state index in [2.05, 4.69) is 20.8 Å². The Labute approximate surface area is 144 Å². The van der Waals surface area contributed by atoms with Crippen molar-refractivity contribution in [2.24, 2.45) is 0 Å². The first-order valence-electron chi connectivity index (χ1n) is 7.51. The van der Waals surface area contributed by atoms with Crippen LogP contribution in [0.1, 0.15) is 17.7 Å². The van der Waals surface area contributed by atoms with E-state index in [4.69, 9.17) is 15.7 Å². The Morgan fingerprint density at radius 1 is 1.32 bits per heavy atom. The summed E-state index contributed by atoms with van der Waals surface area (Å²) in [6.07, 6.45) is 1.01. The maximum atomic E-state index is 11.8. The number of nitrogens with zero attached hydrogens (tertiary/aromatic N) is 2. The minimum Gasteiger partial charge on any atom is -0.497 e. The molecular formula is C16H18N6O3. The fourth-order valence-corrected chi connectivity index (χ4v) is 2.11. The molecule has 9 heteroatoms. The number of carbonyl (C=O) groups is 2. The molecule has 1 heterocycles. The Morgan fingerprint density at radius 2 is 2.04 bits per heavy atom. The quantitative estimate of drug-likeness (QED) is 0.445. The van der Waals surface area contributed by atoms with Crippen LogP contribution in [0.25, 0.3) is 0 Å².